The van der Waals surface area contributed by atoms with Gasteiger partial charge in [0.15, 0.2) is 0 Å². The molecule has 1 aromatic heterocycles. The molecule has 94 valence electrons. The first-order valence-corrected chi connectivity index (χ1v) is 6.32. The predicted octanol–water partition coefficient (Wildman–Crippen LogP) is 2.78. The van der Waals surface area contributed by atoms with E-state index in [0.717, 1.165) is 15.4 Å². The van der Waals surface area contributed by atoms with Crippen LogP contribution in [0.15, 0.2) is 27.5 Å². The van der Waals surface area contributed by atoms with Crippen LogP contribution in [0.5, 0.6) is 0 Å². The first kappa shape index (κ1) is 12.8. The Labute approximate surface area is 112 Å². The molecule has 1 N–H and O–H groups in total. The molecule has 4 nitrogen and oxygen atoms in total. The van der Waals surface area contributed by atoms with Gasteiger partial charge in [-0.15, -0.1) is 0 Å². The van der Waals surface area contributed by atoms with E-state index in [1.165, 1.54) is 0 Å². The average molecular weight is 310 g/mol. The number of H-pyrrole nitrogens is 1. The third-order valence-electron chi connectivity index (χ3n) is 2.63. The van der Waals surface area contributed by atoms with Crippen LogP contribution in [0.25, 0.3) is 10.9 Å². The fourth-order valence-corrected chi connectivity index (χ4v) is 2.38. The summed E-state index contributed by atoms with van der Waals surface area (Å²) in [5.41, 5.74) is 1.27. The monoisotopic (exact) mass is 309 g/mol. The summed E-state index contributed by atoms with van der Waals surface area (Å²) >= 11 is 3.37. The van der Waals surface area contributed by atoms with Crippen molar-refractivity contribution in [3.05, 3.63) is 44.2 Å². The Bertz CT molecular complexity index is 676. The number of halogens is 1. The summed E-state index contributed by atoms with van der Waals surface area (Å²) in [6.45, 7) is 3.87. The molecule has 0 saturated heterocycles. The first-order chi connectivity index (χ1) is 8.52. The largest absolute Gasteiger partial charge is 0.462 e. The van der Waals surface area contributed by atoms with E-state index in [9.17, 15) is 9.59 Å². The minimum Gasteiger partial charge on any atom is -0.462 e. The van der Waals surface area contributed by atoms with Crippen molar-refractivity contribution >= 4 is 32.8 Å². The van der Waals surface area contributed by atoms with Gasteiger partial charge in [0.1, 0.15) is 5.56 Å². The number of nitrogens with one attached hydrogen (secondary N) is 1. The Morgan fingerprint density at radius 3 is 2.78 bits per heavy atom. The number of aromatic nitrogens is 1. The molecule has 0 saturated carbocycles. The van der Waals surface area contributed by atoms with Crippen LogP contribution in [0.2, 0.25) is 0 Å². The lowest BCUT2D eigenvalue weighted by atomic mass is 10.1. The molecule has 18 heavy (non-hydrogen) atoms. The Morgan fingerprint density at radius 1 is 1.39 bits per heavy atom. The second kappa shape index (κ2) is 4.94. The molecule has 1 heterocycles. The molecule has 0 spiro atoms. The van der Waals surface area contributed by atoms with E-state index < -0.39 is 11.5 Å². The Kier molecular flexibility index (Phi) is 3.52. The van der Waals surface area contributed by atoms with E-state index in [4.69, 9.17) is 4.74 Å². The maximum atomic E-state index is 11.8. The highest BCUT2D eigenvalue weighted by Crippen LogP contribution is 2.22. The molecule has 1 aromatic carbocycles. The number of carbonyl (C=O) groups is 1. The normalized spacial score (nSPS) is 10.6. The molecular weight excluding hydrogens is 298 g/mol. The molecule has 0 aliphatic carbocycles. The molecule has 0 aliphatic heterocycles. The zero-order valence-corrected chi connectivity index (χ0v) is 11.6. The van der Waals surface area contributed by atoms with Gasteiger partial charge >= 0.3 is 5.97 Å². The van der Waals surface area contributed by atoms with Gasteiger partial charge in [-0.05, 0) is 37.6 Å². The fraction of sp³-hybridized carbons (Fsp3) is 0.231. The number of aromatic amines is 1. The number of benzene rings is 1. The van der Waals surface area contributed by atoms with Crippen LogP contribution in [-0.4, -0.2) is 17.6 Å². The number of esters is 1. The van der Waals surface area contributed by atoms with E-state index in [-0.39, 0.29) is 12.2 Å². The molecule has 0 unspecified atom stereocenters. The van der Waals surface area contributed by atoms with Gasteiger partial charge in [0.2, 0.25) is 0 Å². The predicted molar refractivity (Wildman–Crippen MR) is 73.0 cm³/mol. The van der Waals surface area contributed by atoms with Gasteiger partial charge < -0.3 is 9.72 Å². The lowest BCUT2D eigenvalue weighted by Gasteiger charge is -2.06. The number of pyridine rings is 1. The van der Waals surface area contributed by atoms with Crippen molar-refractivity contribution in [3.8, 4) is 0 Å². The van der Waals surface area contributed by atoms with Crippen LogP contribution >= 0.6 is 15.9 Å². The molecular formula is C13H12BrNO3. The first-order valence-electron chi connectivity index (χ1n) is 5.53. The number of ether oxygens (including phenoxy) is 1. The van der Waals surface area contributed by atoms with Gasteiger partial charge in [0.05, 0.1) is 6.61 Å². The second-order valence-corrected chi connectivity index (χ2v) is 4.83. The van der Waals surface area contributed by atoms with Crippen molar-refractivity contribution < 1.29 is 9.53 Å². The highest BCUT2D eigenvalue weighted by Gasteiger charge is 2.13. The average Bonchev–Trinajstić information content (AvgIpc) is 2.27. The summed E-state index contributed by atoms with van der Waals surface area (Å²) in [5, 5.41) is 0.834. The van der Waals surface area contributed by atoms with Crippen molar-refractivity contribution in [2.75, 3.05) is 6.61 Å². The summed E-state index contributed by atoms with van der Waals surface area (Å²) in [6.07, 6.45) is 0. The second-order valence-electron chi connectivity index (χ2n) is 3.92. The lowest BCUT2D eigenvalue weighted by Crippen LogP contribution is -2.19. The summed E-state index contributed by atoms with van der Waals surface area (Å²) < 4.78 is 5.73. The van der Waals surface area contributed by atoms with E-state index in [2.05, 4.69) is 20.9 Å². The number of carbonyl (C=O) groups excluding carboxylic acids is 1. The molecule has 0 radical (unpaired) electrons. The van der Waals surface area contributed by atoms with Crippen LogP contribution in [-0.2, 0) is 4.74 Å². The van der Waals surface area contributed by atoms with E-state index >= 15 is 0 Å². The van der Waals surface area contributed by atoms with Gasteiger partial charge in [0, 0.05) is 15.4 Å². The van der Waals surface area contributed by atoms with Crippen molar-refractivity contribution in [2.45, 2.75) is 13.8 Å². The maximum absolute atomic E-state index is 11.8. The van der Waals surface area contributed by atoms with Gasteiger partial charge in [-0.25, -0.2) is 4.79 Å². The minimum atomic E-state index is -0.594. The smallest absolute Gasteiger partial charge is 0.343 e. The third-order valence-corrected chi connectivity index (χ3v) is 3.09. The number of rotatable bonds is 2. The summed E-state index contributed by atoms with van der Waals surface area (Å²) in [5.74, 6) is -0.594. The van der Waals surface area contributed by atoms with Crippen LogP contribution in [0.3, 0.4) is 0 Å². The molecule has 2 rings (SSSR count). The summed E-state index contributed by atoms with van der Waals surface area (Å²) in [6, 6.07) is 5.31. The lowest BCUT2D eigenvalue weighted by molar-refractivity contribution is 0.0524. The van der Waals surface area contributed by atoms with Crippen molar-refractivity contribution in [3.63, 3.8) is 0 Å². The van der Waals surface area contributed by atoms with Crippen LogP contribution in [0.1, 0.15) is 22.8 Å². The Hall–Kier alpha value is -1.62. The van der Waals surface area contributed by atoms with Gasteiger partial charge in [-0.2, -0.15) is 0 Å². The minimum absolute atomic E-state index is 0.0368. The molecule has 0 amide bonds. The number of fused-ring (bicyclic) bond motifs is 1. The zero-order valence-electron chi connectivity index (χ0n) is 10.0. The molecule has 0 bridgehead atoms. The standard InChI is InChI=1S/C13H12BrNO3/c1-3-18-13(17)10-6-9-7(2)4-8(14)5-11(9)15-12(10)16/h4-6H,3H2,1-2H3,(H,15,16). The maximum Gasteiger partial charge on any atom is 0.343 e. The number of aryl methyl sites for hydroxylation is 1. The van der Waals surface area contributed by atoms with E-state index in [0.29, 0.717) is 5.52 Å². The molecule has 0 atom stereocenters. The SMILES string of the molecule is CCOC(=O)c1cc2c(C)cc(Br)cc2[nH]c1=O. The summed E-state index contributed by atoms with van der Waals surface area (Å²) in [4.78, 5) is 26.1. The van der Waals surface area contributed by atoms with Crippen LogP contribution < -0.4 is 5.56 Å². The van der Waals surface area contributed by atoms with Crippen LogP contribution in [0.4, 0.5) is 0 Å². The van der Waals surface area contributed by atoms with Gasteiger partial charge in [-0.1, -0.05) is 15.9 Å². The fourth-order valence-electron chi connectivity index (χ4n) is 1.81. The summed E-state index contributed by atoms with van der Waals surface area (Å²) in [7, 11) is 0. The molecule has 2 aromatic rings. The zero-order chi connectivity index (χ0) is 13.3. The van der Waals surface area contributed by atoms with Crippen molar-refractivity contribution in [2.24, 2.45) is 0 Å². The highest BCUT2D eigenvalue weighted by molar-refractivity contribution is 9.10. The Morgan fingerprint density at radius 2 is 2.11 bits per heavy atom. The number of hydrogen-bond donors (Lipinski definition) is 1. The van der Waals surface area contributed by atoms with Crippen molar-refractivity contribution in [1.29, 1.82) is 0 Å². The van der Waals surface area contributed by atoms with Gasteiger partial charge in [-0.3, -0.25) is 4.79 Å². The Balaban J connectivity index is 2.69. The van der Waals surface area contributed by atoms with E-state index in [1.807, 2.05) is 13.0 Å². The third kappa shape index (κ3) is 2.31. The van der Waals surface area contributed by atoms with Gasteiger partial charge in [0.25, 0.3) is 5.56 Å². The highest BCUT2D eigenvalue weighted by atomic mass is 79.9. The quantitative estimate of drug-likeness (QED) is 0.868. The topological polar surface area (TPSA) is 59.2 Å². The number of hydrogen-bond acceptors (Lipinski definition) is 3. The molecule has 0 aliphatic rings. The van der Waals surface area contributed by atoms with E-state index in [1.54, 1.807) is 19.1 Å². The molecule has 0 fully saturated rings. The van der Waals surface area contributed by atoms with Crippen molar-refractivity contribution in [1.82, 2.24) is 4.98 Å². The van der Waals surface area contributed by atoms with Crippen LogP contribution in [0, 0.1) is 6.92 Å². The molecule has 5 heteroatoms.